The Labute approximate surface area is 120 Å². The lowest BCUT2D eigenvalue weighted by molar-refractivity contribution is -0.180. The van der Waals surface area contributed by atoms with Crippen molar-refractivity contribution in [1.29, 1.82) is 0 Å². The van der Waals surface area contributed by atoms with Gasteiger partial charge in [-0.15, -0.1) is 0 Å². The minimum absolute atomic E-state index is 0.0307. The Morgan fingerprint density at radius 1 is 1.00 bits per heavy atom. The fraction of sp³-hybridized carbons (Fsp3) is 0.882. The van der Waals surface area contributed by atoms with E-state index in [1.165, 1.54) is 19.3 Å². The van der Waals surface area contributed by atoms with Crippen LogP contribution < -0.4 is 0 Å². The van der Waals surface area contributed by atoms with E-state index < -0.39 is 6.10 Å². The zero-order valence-electron chi connectivity index (χ0n) is 12.1. The molecule has 5 aliphatic rings. The SMILES string of the molecule is O=C1CCCCC1OC(=O)C12CC3CC(CC(C3)C1)C2. The third-order valence-corrected chi connectivity index (χ3v) is 6.22. The molecule has 0 aromatic carbocycles. The summed E-state index contributed by atoms with van der Waals surface area (Å²) in [4.78, 5) is 24.6. The van der Waals surface area contributed by atoms with Gasteiger partial charge >= 0.3 is 5.97 Å². The van der Waals surface area contributed by atoms with Gasteiger partial charge < -0.3 is 4.74 Å². The van der Waals surface area contributed by atoms with Gasteiger partial charge in [0, 0.05) is 6.42 Å². The molecule has 0 saturated heterocycles. The lowest BCUT2D eigenvalue weighted by Crippen LogP contribution is -2.51. The monoisotopic (exact) mass is 276 g/mol. The zero-order chi connectivity index (χ0) is 13.7. The largest absolute Gasteiger partial charge is 0.454 e. The molecule has 5 fully saturated rings. The maximum atomic E-state index is 12.7. The maximum absolute atomic E-state index is 12.7. The lowest BCUT2D eigenvalue weighted by Gasteiger charge is -2.55. The van der Waals surface area contributed by atoms with Gasteiger partial charge in [-0.05, 0) is 75.5 Å². The number of ether oxygens (including phenoxy) is 1. The summed E-state index contributed by atoms with van der Waals surface area (Å²) in [6.07, 6.45) is 9.96. The standard InChI is InChI=1S/C17H24O3/c18-14-3-1-2-4-15(14)20-16(19)17-8-11-5-12(9-17)7-13(6-11)10-17/h11-13,15H,1-10H2. The van der Waals surface area contributed by atoms with Gasteiger partial charge in [-0.3, -0.25) is 9.59 Å². The molecule has 4 bridgehead atoms. The van der Waals surface area contributed by atoms with Gasteiger partial charge in [0.05, 0.1) is 5.41 Å². The zero-order valence-corrected chi connectivity index (χ0v) is 12.1. The van der Waals surface area contributed by atoms with Crippen LogP contribution >= 0.6 is 0 Å². The number of rotatable bonds is 2. The van der Waals surface area contributed by atoms with Crippen LogP contribution in [0.3, 0.4) is 0 Å². The first kappa shape index (κ1) is 12.8. The predicted octanol–water partition coefficient (Wildman–Crippen LogP) is 3.26. The molecule has 0 N–H and O–H groups in total. The van der Waals surface area contributed by atoms with E-state index in [1.807, 2.05) is 0 Å². The molecule has 0 aromatic rings. The van der Waals surface area contributed by atoms with Crippen molar-refractivity contribution in [3.05, 3.63) is 0 Å². The molecule has 0 amide bonds. The van der Waals surface area contributed by atoms with E-state index in [-0.39, 0.29) is 17.2 Å². The predicted molar refractivity (Wildman–Crippen MR) is 74.0 cm³/mol. The van der Waals surface area contributed by atoms with Gasteiger partial charge in [0.25, 0.3) is 0 Å². The second-order valence-corrected chi connectivity index (χ2v) is 7.80. The van der Waals surface area contributed by atoms with Crippen LogP contribution in [0, 0.1) is 23.2 Å². The molecule has 1 atom stereocenters. The van der Waals surface area contributed by atoms with Gasteiger partial charge in [-0.25, -0.2) is 0 Å². The van der Waals surface area contributed by atoms with E-state index in [9.17, 15) is 9.59 Å². The first-order valence-electron chi connectivity index (χ1n) is 8.38. The highest BCUT2D eigenvalue weighted by atomic mass is 16.5. The molecular weight excluding hydrogens is 252 g/mol. The van der Waals surface area contributed by atoms with E-state index in [4.69, 9.17) is 4.74 Å². The molecule has 20 heavy (non-hydrogen) atoms. The maximum Gasteiger partial charge on any atom is 0.312 e. The Bertz CT molecular complexity index is 404. The Morgan fingerprint density at radius 3 is 2.15 bits per heavy atom. The molecule has 0 spiro atoms. The van der Waals surface area contributed by atoms with E-state index >= 15 is 0 Å². The van der Waals surface area contributed by atoms with Crippen LogP contribution in [-0.4, -0.2) is 17.9 Å². The van der Waals surface area contributed by atoms with Crippen LogP contribution in [0.1, 0.15) is 64.2 Å². The number of hydrogen-bond donors (Lipinski definition) is 0. The smallest absolute Gasteiger partial charge is 0.312 e. The third-order valence-electron chi connectivity index (χ3n) is 6.22. The highest BCUT2D eigenvalue weighted by Crippen LogP contribution is 2.60. The second-order valence-electron chi connectivity index (χ2n) is 7.80. The lowest BCUT2D eigenvalue weighted by atomic mass is 9.49. The molecule has 1 unspecified atom stereocenters. The molecule has 5 saturated carbocycles. The molecule has 0 heterocycles. The average molecular weight is 276 g/mol. The Kier molecular flexibility index (Phi) is 2.94. The topological polar surface area (TPSA) is 43.4 Å². The number of Topliss-reactive ketones (excluding diaryl/α,β-unsaturated/α-hetero) is 1. The molecule has 5 aliphatic carbocycles. The van der Waals surface area contributed by atoms with Crippen molar-refractivity contribution in [3.8, 4) is 0 Å². The Balaban J connectivity index is 1.49. The van der Waals surface area contributed by atoms with Crippen molar-refractivity contribution < 1.29 is 14.3 Å². The minimum Gasteiger partial charge on any atom is -0.454 e. The summed E-state index contributed by atoms with van der Waals surface area (Å²) in [6, 6.07) is 0. The molecule has 0 aliphatic heterocycles. The van der Waals surface area contributed by atoms with E-state index in [0.717, 1.165) is 56.3 Å². The van der Waals surface area contributed by atoms with Crippen molar-refractivity contribution >= 4 is 11.8 Å². The van der Waals surface area contributed by atoms with Crippen LogP contribution in [0.15, 0.2) is 0 Å². The van der Waals surface area contributed by atoms with Crippen LogP contribution in [0.2, 0.25) is 0 Å². The Morgan fingerprint density at radius 2 is 1.60 bits per heavy atom. The molecule has 5 rings (SSSR count). The number of carbonyl (C=O) groups is 2. The molecule has 0 aromatic heterocycles. The number of ketones is 1. The number of hydrogen-bond acceptors (Lipinski definition) is 3. The first-order valence-corrected chi connectivity index (χ1v) is 8.38. The summed E-state index contributed by atoms with van der Waals surface area (Å²) < 4.78 is 5.70. The first-order chi connectivity index (χ1) is 9.64. The van der Waals surface area contributed by atoms with Crippen LogP contribution in [-0.2, 0) is 14.3 Å². The van der Waals surface area contributed by atoms with Gasteiger partial charge in [-0.2, -0.15) is 0 Å². The van der Waals surface area contributed by atoms with Gasteiger partial charge in [0.15, 0.2) is 11.9 Å². The molecule has 0 radical (unpaired) electrons. The van der Waals surface area contributed by atoms with E-state index in [1.54, 1.807) is 0 Å². The second kappa shape index (κ2) is 4.57. The van der Waals surface area contributed by atoms with Gasteiger partial charge in [0.2, 0.25) is 0 Å². The fourth-order valence-electron chi connectivity index (χ4n) is 5.69. The summed E-state index contributed by atoms with van der Waals surface area (Å²) in [5, 5.41) is 0. The number of esters is 1. The number of carbonyl (C=O) groups excluding carboxylic acids is 2. The minimum atomic E-state index is -0.427. The average Bonchev–Trinajstić information content (AvgIpc) is 2.40. The normalized spacial score (nSPS) is 46.5. The van der Waals surface area contributed by atoms with Gasteiger partial charge in [-0.1, -0.05) is 0 Å². The van der Waals surface area contributed by atoms with Crippen molar-refractivity contribution in [2.24, 2.45) is 23.2 Å². The third kappa shape index (κ3) is 2.01. The summed E-state index contributed by atoms with van der Waals surface area (Å²) >= 11 is 0. The molecular formula is C17H24O3. The van der Waals surface area contributed by atoms with Crippen molar-refractivity contribution in [2.75, 3.05) is 0 Å². The molecule has 110 valence electrons. The van der Waals surface area contributed by atoms with Crippen molar-refractivity contribution in [2.45, 2.75) is 70.3 Å². The molecule has 3 heteroatoms. The van der Waals surface area contributed by atoms with Crippen LogP contribution in [0.25, 0.3) is 0 Å². The van der Waals surface area contributed by atoms with Crippen LogP contribution in [0.4, 0.5) is 0 Å². The quantitative estimate of drug-likeness (QED) is 0.727. The van der Waals surface area contributed by atoms with Crippen molar-refractivity contribution in [1.82, 2.24) is 0 Å². The summed E-state index contributed by atoms with van der Waals surface area (Å²) in [7, 11) is 0. The highest BCUT2D eigenvalue weighted by molar-refractivity contribution is 5.87. The highest BCUT2D eigenvalue weighted by Gasteiger charge is 2.56. The van der Waals surface area contributed by atoms with Crippen LogP contribution in [0.5, 0.6) is 0 Å². The molecule has 3 nitrogen and oxygen atoms in total. The summed E-state index contributed by atoms with van der Waals surface area (Å²) in [6.45, 7) is 0. The van der Waals surface area contributed by atoms with Crippen molar-refractivity contribution in [3.63, 3.8) is 0 Å². The summed E-state index contributed by atoms with van der Waals surface area (Å²) in [5.41, 5.74) is -0.216. The summed E-state index contributed by atoms with van der Waals surface area (Å²) in [5.74, 6) is 2.36. The Hall–Kier alpha value is -0.860. The van der Waals surface area contributed by atoms with E-state index in [0.29, 0.717) is 6.42 Å². The van der Waals surface area contributed by atoms with Gasteiger partial charge in [0.1, 0.15) is 0 Å². The van der Waals surface area contributed by atoms with E-state index in [2.05, 4.69) is 0 Å². The fourth-order valence-corrected chi connectivity index (χ4v) is 5.69.